The zero-order chi connectivity index (χ0) is 30.1. The number of nitrogens with zero attached hydrogens (tertiary/aromatic N) is 5. The van der Waals surface area contributed by atoms with E-state index in [1.54, 1.807) is 12.1 Å². The van der Waals surface area contributed by atoms with Crippen LogP contribution in [0.1, 0.15) is 69.1 Å². The summed E-state index contributed by atoms with van der Waals surface area (Å²) in [6.45, 7) is 4.70. The summed E-state index contributed by atoms with van der Waals surface area (Å²) >= 11 is 7.69. The highest BCUT2D eigenvalue weighted by molar-refractivity contribution is 7.92. The summed E-state index contributed by atoms with van der Waals surface area (Å²) in [6, 6.07) is 7.22. The predicted molar refractivity (Wildman–Crippen MR) is 160 cm³/mol. The van der Waals surface area contributed by atoms with Crippen LogP contribution in [0.4, 0.5) is 0 Å². The number of aryl methyl sites for hydroxylation is 2. The van der Waals surface area contributed by atoms with Crippen molar-refractivity contribution in [3.8, 4) is 6.07 Å². The average molecular weight is 633 g/mol. The van der Waals surface area contributed by atoms with Gasteiger partial charge in [0.25, 0.3) is 0 Å². The molecule has 0 spiro atoms. The summed E-state index contributed by atoms with van der Waals surface area (Å²) in [5.41, 5.74) is -0.925. The van der Waals surface area contributed by atoms with E-state index in [4.69, 9.17) is 11.6 Å². The number of carbonyl (C=O) groups is 2. The lowest BCUT2D eigenvalue weighted by atomic mass is 9.93. The number of nitrogens with one attached hydrogen (secondary N) is 1. The number of rotatable bonds is 12. The number of nitriles is 1. The monoisotopic (exact) mass is 632 g/mol. The summed E-state index contributed by atoms with van der Waals surface area (Å²) in [5, 5.41) is 12.5. The molecule has 0 bridgehead atoms. The van der Waals surface area contributed by atoms with E-state index in [0.717, 1.165) is 49.5 Å². The van der Waals surface area contributed by atoms with E-state index in [-0.39, 0.29) is 34.8 Å². The molecule has 5 rings (SSSR count). The Kier molecular flexibility index (Phi) is 9.23. The van der Waals surface area contributed by atoms with Crippen LogP contribution >= 0.6 is 23.1 Å². The van der Waals surface area contributed by atoms with Crippen LogP contribution in [-0.4, -0.2) is 81.4 Å². The SMILES string of the molecule is CCCC(CCCc1nc(C)ns1)N1CCC1C(=O)N1C[C@H](S(=O)(=O)c2ccccc2Cl)C[C@H]1C(=O)NC1(C#N)CC1. The molecule has 1 aromatic carbocycles. The van der Waals surface area contributed by atoms with Gasteiger partial charge < -0.3 is 10.2 Å². The third-order valence-corrected chi connectivity index (χ3v) is 12.2. The molecule has 2 saturated heterocycles. The molecule has 13 heteroatoms. The van der Waals surface area contributed by atoms with Crippen molar-refractivity contribution in [3.63, 3.8) is 0 Å². The van der Waals surface area contributed by atoms with Crippen LogP contribution < -0.4 is 5.32 Å². The van der Waals surface area contributed by atoms with Crippen LogP contribution in [0.25, 0.3) is 0 Å². The molecular weight excluding hydrogens is 596 g/mol. The van der Waals surface area contributed by atoms with E-state index in [1.165, 1.54) is 28.6 Å². The number of aromatic nitrogens is 2. The lowest BCUT2D eigenvalue weighted by Gasteiger charge is -2.47. The summed E-state index contributed by atoms with van der Waals surface area (Å²) in [4.78, 5) is 35.7. The van der Waals surface area contributed by atoms with E-state index in [0.29, 0.717) is 19.3 Å². The quantitative estimate of drug-likeness (QED) is 0.374. The predicted octanol–water partition coefficient (Wildman–Crippen LogP) is 3.68. The van der Waals surface area contributed by atoms with Crippen LogP contribution in [0.5, 0.6) is 0 Å². The van der Waals surface area contributed by atoms with E-state index in [1.807, 2.05) is 6.92 Å². The fraction of sp³-hybridized carbons (Fsp3) is 0.621. The van der Waals surface area contributed by atoms with Crippen molar-refractivity contribution in [2.24, 2.45) is 0 Å². The Morgan fingerprint density at radius 2 is 2.02 bits per heavy atom. The third kappa shape index (κ3) is 6.34. The second kappa shape index (κ2) is 12.6. The summed E-state index contributed by atoms with van der Waals surface area (Å²) in [7, 11) is -3.92. The number of amides is 2. The summed E-state index contributed by atoms with van der Waals surface area (Å²) in [6.07, 6.45) is 6.30. The van der Waals surface area contributed by atoms with Crippen molar-refractivity contribution in [2.75, 3.05) is 13.1 Å². The molecule has 42 heavy (non-hydrogen) atoms. The normalized spacial score (nSPS) is 24.0. The first-order valence-corrected chi connectivity index (χ1v) is 17.4. The van der Waals surface area contributed by atoms with Gasteiger partial charge in [-0.15, -0.1) is 0 Å². The standard InChI is InChI=1S/C29H37ClN6O4S2/c1-3-7-20(8-6-11-26-32-19(2)34-41-26)35-15-12-23(35)28(38)36-17-21(42(39,40)25-10-5-4-9-22(25)30)16-24(36)27(37)33-29(18-31)13-14-29/h4-5,9-10,20-21,23-24H,3,6-8,11-17H2,1-2H3,(H,33,37)/t20?,21-,23?,24+/m1/s1. The van der Waals surface area contributed by atoms with Gasteiger partial charge in [-0.2, -0.15) is 9.64 Å². The maximum absolute atomic E-state index is 14.1. The highest BCUT2D eigenvalue weighted by Gasteiger charge is 2.52. The first kappa shape index (κ1) is 30.9. The van der Waals surface area contributed by atoms with Crippen molar-refractivity contribution in [3.05, 3.63) is 40.1 Å². The Morgan fingerprint density at radius 1 is 1.26 bits per heavy atom. The molecule has 226 valence electrons. The topological polar surface area (TPSA) is 136 Å². The van der Waals surface area contributed by atoms with Crippen LogP contribution in [-0.2, 0) is 25.8 Å². The molecule has 2 aromatic rings. The lowest BCUT2D eigenvalue weighted by molar-refractivity contribution is -0.148. The first-order chi connectivity index (χ1) is 20.1. The van der Waals surface area contributed by atoms with Gasteiger partial charge in [0.2, 0.25) is 11.8 Å². The Balaban J connectivity index is 1.33. The fourth-order valence-electron chi connectivity index (χ4n) is 6.12. The van der Waals surface area contributed by atoms with E-state index in [2.05, 4.69) is 32.6 Å². The third-order valence-electron chi connectivity index (χ3n) is 8.69. The Bertz CT molecular complexity index is 1470. The molecule has 0 radical (unpaired) electrons. The summed E-state index contributed by atoms with van der Waals surface area (Å²) in [5.74, 6) is 0.0958. The molecule has 2 aliphatic heterocycles. The number of hydrogen-bond acceptors (Lipinski definition) is 9. The molecule has 1 aromatic heterocycles. The zero-order valence-electron chi connectivity index (χ0n) is 24.0. The Morgan fingerprint density at radius 3 is 2.62 bits per heavy atom. The minimum Gasteiger partial charge on any atom is -0.336 e. The molecule has 1 saturated carbocycles. The van der Waals surface area contributed by atoms with Crippen molar-refractivity contribution in [1.29, 1.82) is 5.26 Å². The Hall–Kier alpha value is -2.59. The summed E-state index contributed by atoms with van der Waals surface area (Å²) < 4.78 is 31.6. The van der Waals surface area contributed by atoms with Crippen LogP contribution in [0, 0.1) is 18.3 Å². The van der Waals surface area contributed by atoms with Gasteiger partial charge in [-0.1, -0.05) is 37.1 Å². The molecule has 2 amide bonds. The van der Waals surface area contributed by atoms with Crippen molar-refractivity contribution >= 4 is 44.8 Å². The molecule has 10 nitrogen and oxygen atoms in total. The van der Waals surface area contributed by atoms with E-state index < -0.39 is 38.6 Å². The van der Waals surface area contributed by atoms with Gasteiger partial charge in [0.15, 0.2) is 9.84 Å². The Labute approximate surface area is 256 Å². The first-order valence-electron chi connectivity index (χ1n) is 14.7. The lowest BCUT2D eigenvalue weighted by Crippen LogP contribution is -2.62. The smallest absolute Gasteiger partial charge is 0.244 e. The fourth-order valence-corrected chi connectivity index (χ4v) is 9.02. The van der Waals surface area contributed by atoms with Crippen LogP contribution in [0.2, 0.25) is 5.02 Å². The van der Waals surface area contributed by atoms with Gasteiger partial charge in [-0.3, -0.25) is 14.5 Å². The zero-order valence-corrected chi connectivity index (χ0v) is 26.3. The number of carbonyl (C=O) groups excluding carboxylic acids is 2. The van der Waals surface area contributed by atoms with E-state index >= 15 is 0 Å². The minimum atomic E-state index is -3.92. The molecule has 1 aliphatic carbocycles. The number of halogens is 1. The van der Waals surface area contributed by atoms with Crippen molar-refractivity contribution in [2.45, 2.75) is 105 Å². The molecule has 3 fully saturated rings. The van der Waals surface area contributed by atoms with Gasteiger partial charge in [-0.05, 0) is 75.5 Å². The van der Waals surface area contributed by atoms with Crippen LogP contribution in [0.15, 0.2) is 29.2 Å². The van der Waals surface area contributed by atoms with Crippen LogP contribution in [0.3, 0.4) is 0 Å². The largest absolute Gasteiger partial charge is 0.336 e. The second-order valence-electron chi connectivity index (χ2n) is 11.6. The number of sulfone groups is 1. The molecule has 1 N–H and O–H groups in total. The second-order valence-corrected chi connectivity index (χ2v) is 15.1. The van der Waals surface area contributed by atoms with Gasteiger partial charge in [0, 0.05) is 25.6 Å². The molecule has 2 unspecified atom stereocenters. The number of likely N-dealkylation sites (tertiary alicyclic amines) is 2. The van der Waals surface area contributed by atoms with Gasteiger partial charge in [0.05, 0.1) is 27.3 Å². The maximum Gasteiger partial charge on any atom is 0.244 e. The van der Waals surface area contributed by atoms with Gasteiger partial charge in [-0.25, -0.2) is 13.4 Å². The molecule has 3 aliphatic rings. The van der Waals surface area contributed by atoms with Crippen molar-refractivity contribution < 1.29 is 18.0 Å². The number of benzene rings is 1. The highest BCUT2D eigenvalue weighted by atomic mass is 35.5. The van der Waals surface area contributed by atoms with Gasteiger partial charge in [0.1, 0.15) is 22.4 Å². The highest BCUT2D eigenvalue weighted by Crippen LogP contribution is 2.37. The minimum absolute atomic E-state index is 0.000262. The van der Waals surface area contributed by atoms with Crippen molar-refractivity contribution in [1.82, 2.24) is 24.5 Å². The molecule has 4 atom stereocenters. The average Bonchev–Trinajstić information content (AvgIpc) is 3.34. The number of hydrogen-bond donors (Lipinski definition) is 1. The maximum atomic E-state index is 14.1. The van der Waals surface area contributed by atoms with Gasteiger partial charge >= 0.3 is 0 Å². The molecule has 3 heterocycles. The van der Waals surface area contributed by atoms with E-state index in [9.17, 15) is 23.3 Å². The molecular formula is C29H37ClN6O4S2.